The van der Waals surface area contributed by atoms with Crippen LogP contribution in [0.3, 0.4) is 0 Å². The van der Waals surface area contributed by atoms with Crippen LogP contribution in [0.5, 0.6) is 0 Å². The predicted octanol–water partition coefficient (Wildman–Crippen LogP) is 9.51. The van der Waals surface area contributed by atoms with Crippen LogP contribution in [0.1, 0.15) is 130 Å². The van der Waals surface area contributed by atoms with E-state index in [4.69, 9.17) is 77.4 Å². The minimum atomic E-state index is -4.24. The minimum Gasteiger partial charge on any atom is -0.396 e. The highest BCUT2D eigenvalue weighted by Gasteiger charge is 2.33. The molecule has 128 heavy (non-hydrogen) atoms. The highest BCUT2D eigenvalue weighted by Crippen LogP contribution is 2.28. The maximum Gasteiger partial charge on any atom is 0.332 e. The van der Waals surface area contributed by atoms with Crippen LogP contribution >= 0.6 is 73.0 Å². The van der Waals surface area contributed by atoms with Gasteiger partial charge in [0, 0.05) is 90.6 Å². The quantitative estimate of drug-likeness (QED) is 0.0201. The molecule has 12 aromatic rings. The Balaban J connectivity index is 0.000000200. The molecule has 1 saturated heterocycles. The average Bonchev–Trinajstić information content (AvgIpc) is 1.61. The molecule has 13 rings (SSSR count). The van der Waals surface area contributed by atoms with Crippen molar-refractivity contribution < 1.29 is 48.3 Å². The van der Waals surface area contributed by atoms with Crippen molar-refractivity contribution in [1.29, 1.82) is 0 Å². The SMILES string of the molecule is BrCCCOC1CCCCO1.CC(C)CS(=O)(=O)c1nc2c(c(=O)[nH]c(=O)n2C)n1Cc1ccc(Cl)cc1.CC(C)CS(=O)(=O)c1nc2c(c(=O)n(CCCO)c(=O)n2C)n1Cc1ccc(Cl)cc1.CC(C)N.CCCCn1c(=O)c2c(nc(S(=O)(=O)CC(C)C)n2Cc2ccc(Cl)cc2)n(C)c1=O.Cn1c(=O)[nH]c(=O)c2c1nc(S(=O)(=O)Cl)n2Cc1ccc(Cl)cc1. The molecule has 8 aromatic heterocycles. The monoisotopic (exact) mass is 2010 g/mol. The van der Waals surface area contributed by atoms with Crippen LogP contribution in [-0.2, 0) is 115 Å². The summed E-state index contributed by atoms with van der Waals surface area (Å²) in [5.41, 5.74) is 3.07. The number of unbranched alkanes of at least 4 members (excludes halogenated alkanes) is 1. The number of aliphatic hydroxyl groups is 1. The number of nitrogens with one attached hydrogen (secondary N) is 2. The number of hydrogen-bond donors (Lipinski definition) is 4. The van der Waals surface area contributed by atoms with Crippen molar-refractivity contribution in [2.75, 3.05) is 42.4 Å². The molecule has 1 unspecified atom stereocenters. The molecule has 1 fully saturated rings. The maximum atomic E-state index is 13.3. The second kappa shape index (κ2) is 45.7. The van der Waals surface area contributed by atoms with Crippen molar-refractivity contribution in [2.45, 2.75) is 179 Å². The van der Waals surface area contributed by atoms with E-state index < -0.39 is 88.7 Å². The molecule has 0 bridgehead atoms. The number of aryl methyl sites for hydroxylation is 4. The molecule has 4 aromatic carbocycles. The van der Waals surface area contributed by atoms with Crippen LogP contribution in [0.15, 0.2) is 156 Å². The summed E-state index contributed by atoms with van der Waals surface area (Å²) in [6.07, 6.45) is 6.35. The number of ether oxygens (including phenoxy) is 2. The van der Waals surface area contributed by atoms with E-state index >= 15 is 0 Å². The van der Waals surface area contributed by atoms with Gasteiger partial charge in [-0.05, 0) is 133 Å². The van der Waals surface area contributed by atoms with E-state index in [0.717, 1.165) is 77.3 Å². The van der Waals surface area contributed by atoms with Gasteiger partial charge in [0.1, 0.15) is 0 Å². The molecule has 0 spiro atoms. The van der Waals surface area contributed by atoms with E-state index in [0.29, 0.717) is 38.1 Å². The zero-order chi connectivity index (χ0) is 94.9. The molecule has 1 aliphatic rings. The van der Waals surface area contributed by atoms with Crippen molar-refractivity contribution in [3.8, 4) is 0 Å². The van der Waals surface area contributed by atoms with Crippen molar-refractivity contribution in [2.24, 2.45) is 51.7 Å². The third kappa shape index (κ3) is 26.7. The number of sulfone groups is 3. The number of nitrogens with two attached hydrogens (primary N) is 1. The second-order valence-electron chi connectivity index (χ2n) is 31.7. The number of aliphatic hydroxyl groups excluding tert-OH is 1. The van der Waals surface area contributed by atoms with Gasteiger partial charge in [0.2, 0.25) is 50.1 Å². The van der Waals surface area contributed by atoms with E-state index in [2.05, 4.69) is 45.8 Å². The number of alkyl halides is 1. The lowest BCUT2D eigenvalue weighted by molar-refractivity contribution is -0.161. The molecule has 5 N–H and O–H groups in total. The number of imidazole rings is 4. The lowest BCUT2D eigenvalue weighted by Gasteiger charge is -2.22. The smallest absolute Gasteiger partial charge is 0.332 e. The second-order valence-corrected chi connectivity index (χ2v) is 42.5. The summed E-state index contributed by atoms with van der Waals surface area (Å²) in [6.45, 7) is 18.6. The molecular weight excluding hydrogens is 1910 g/mol. The molecule has 1 atom stereocenters. The molecule has 46 heteroatoms. The fourth-order valence-electron chi connectivity index (χ4n) is 13.3. The van der Waals surface area contributed by atoms with Gasteiger partial charge < -0.3 is 38.6 Å². The van der Waals surface area contributed by atoms with Crippen LogP contribution in [0.4, 0.5) is 0 Å². The molecule has 36 nitrogen and oxygen atoms in total. The van der Waals surface area contributed by atoms with Crippen molar-refractivity contribution in [1.82, 2.24) is 75.6 Å². The van der Waals surface area contributed by atoms with Crippen LogP contribution < -0.4 is 50.7 Å². The maximum absolute atomic E-state index is 13.3. The normalized spacial score (nSPS) is 13.2. The Hall–Kier alpha value is -8.95. The van der Waals surface area contributed by atoms with Crippen LogP contribution in [-0.4, -0.2) is 169 Å². The Labute approximate surface area is 770 Å². The van der Waals surface area contributed by atoms with E-state index in [-0.39, 0.29) is 154 Å². The molecular formula is C82H105BrCl5N17O19S4. The zero-order valence-electron chi connectivity index (χ0n) is 72.8. The number of H-pyrrole nitrogens is 2. The number of rotatable bonds is 28. The Kier molecular flexibility index (Phi) is 37.3. The van der Waals surface area contributed by atoms with Crippen molar-refractivity contribution in [3.63, 3.8) is 0 Å². The predicted molar refractivity (Wildman–Crippen MR) is 499 cm³/mol. The van der Waals surface area contributed by atoms with Gasteiger partial charge in [0.15, 0.2) is 50.9 Å². The topological polar surface area (TPSA) is 470 Å². The van der Waals surface area contributed by atoms with E-state index in [9.17, 15) is 72.0 Å². The van der Waals surface area contributed by atoms with Crippen LogP contribution in [0.2, 0.25) is 20.1 Å². The zero-order valence-corrected chi connectivity index (χ0v) is 81.4. The first-order chi connectivity index (χ1) is 60.1. The van der Waals surface area contributed by atoms with E-state index in [1.54, 1.807) is 139 Å². The standard InChI is InChI=1S/C21H27ClN4O4S.C20H25ClN4O5S.C17H19ClN4O4S.C13H10Cl2N4O4S.C8H15BrO2.C3H9N/c1-5-6-11-25-19(27)17-18(24(4)21(25)28)23-20(31(29,30)13-14(2)3)26(17)12-15-7-9-16(22)10-8-15;1-13(2)12-31(29,30)19-22-17-16(25(19)11-14-5-7-15(21)8-6-14)18(27)24(9-4-10-26)20(28)23(17)3;1-10(2)9-27(25,26)17-19-14-13(15(23)20-16(24)21(14)3)22(17)8-11-4-6-12(18)7-5-11;1-18-10-9(11(20)17-12(18)21)19(13(16-10)24(15,22)23)6-7-2-4-8(14)5-3-7;9-5-3-7-11-8-4-1-2-6-10-8;1-3(2)4/h7-10,14H,5-6,11-13H2,1-4H3;5-8,13,26H,4,9-12H2,1-3H3;4-7,10H,8-9H2,1-3H3,(H,20,23,24);2-5H,6H2,1H3,(H,17,20,21);8H,1-7H2;3H,4H2,1-2H3. The third-order valence-electron chi connectivity index (χ3n) is 19.1. The molecule has 0 radical (unpaired) electrons. The van der Waals surface area contributed by atoms with Gasteiger partial charge in [-0.25, -0.2) is 52.8 Å². The molecule has 9 heterocycles. The summed E-state index contributed by atoms with van der Waals surface area (Å²) in [5.74, 6) is -0.792. The van der Waals surface area contributed by atoms with Crippen LogP contribution in [0.25, 0.3) is 44.7 Å². The van der Waals surface area contributed by atoms with Crippen molar-refractivity contribution in [3.05, 3.63) is 223 Å². The Bertz CT molecular complexity index is 6730. The van der Waals surface area contributed by atoms with Crippen molar-refractivity contribution >= 4 is 156 Å². The first kappa shape index (κ1) is 104. The number of fused-ring (bicyclic) bond motifs is 4. The van der Waals surface area contributed by atoms with E-state index in [1.807, 2.05) is 20.8 Å². The summed E-state index contributed by atoms with van der Waals surface area (Å²) in [6, 6.07) is 27.5. The first-order valence-electron chi connectivity index (χ1n) is 40.6. The fraction of sp³-hybridized carbons (Fsp3) is 0.463. The summed E-state index contributed by atoms with van der Waals surface area (Å²) in [5, 5.41) is 11.1. The van der Waals surface area contributed by atoms with Gasteiger partial charge >= 0.3 is 22.8 Å². The molecule has 0 saturated carbocycles. The van der Waals surface area contributed by atoms with E-state index in [1.165, 1.54) is 63.9 Å². The summed E-state index contributed by atoms with van der Waals surface area (Å²) < 4.78 is 125. The number of aromatic nitrogens is 16. The summed E-state index contributed by atoms with van der Waals surface area (Å²) in [7, 11) is -4.46. The van der Waals surface area contributed by atoms with Gasteiger partial charge in [0.05, 0.1) is 50.0 Å². The van der Waals surface area contributed by atoms with Gasteiger partial charge in [-0.3, -0.25) is 56.5 Å². The largest absolute Gasteiger partial charge is 0.396 e. The number of benzene rings is 4. The molecule has 0 amide bonds. The Morgan fingerprint density at radius 3 is 1.06 bits per heavy atom. The van der Waals surface area contributed by atoms with Gasteiger partial charge in [-0.1, -0.05) is 180 Å². The van der Waals surface area contributed by atoms with Gasteiger partial charge in [-0.15, -0.1) is 0 Å². The highest BCUT2D eigenvalue weighted by molar-refractivity contribution is 9.09. The highest BCUT2D eigenvalue weighted by atomic mass is 79.9. The minimum absolute atomic E-state index is 0.00606. The summed E-state index contributed by atoms with van der Waals surface area (Å²) >= 11 is 27.0. The fourth-order valence-corrected chi connectivity index (χ4v) is 20.2. The lowest BCUT2D eigenvalue weighted by atomic mass is 10.2. The molecule has 698 valence electrons. The van der Waals surface area contributed by atoms with Gasteiger partial charge in [-0.2, -0.15) is 19.9 Å². The number of aromatic amines is 2. The number of halogens is 6. The number of hydrogen-bond acceptors (Lipinski definition) is 24. The molecule has 0 aliphatic carbocycles. The number of nitrogens with zero attached hydrogens (tertiary/aromatic N) is 14. The summed E-state index contributed by atoms with van der Waals surface area (Å²) in [4.78, 5) is 121. The Morgan fingerprint density at radius 2 is 0.773 bits per heavy atom. The van der Waals surface area contributed by atoms with Crippen LogP contribution in [0, 0.1) is 17.8 Å². The first-order valence-corrected chi connectivity index (χ1v) is 50.5. The molecule has 1 aliphatic heterocycles. The third-order valence-corrected chi connectivity index (χ3v) is 27.7. The average molecular weight is 2020 g/mol. The lowest BCUT2D eigenvalue weighted by Crippen LogP contribution is -2.40. The van der Waals surface area contributed by atoms with Gasteiger partial charge in [0.25, 0.3) is 31.3 Å². The Morgan fingerprint density at radius 1 is 0.469 bits per heavy atom.